The molecule has 25 heavy (non-hydrogen) atoms. The Kier molecular flexibility index (Phi) is 5.56. The Balaban J connectivity index is 1.74. The van der Waals surface area contributed by atoms with Crippen LogP contribution >= 0.6 is 0 Å². The molecule has 0 saturated carbocycles. The Morgan fingerprint density at radius 3 is 2.80 bits per heavy atom. The number of aryl methyl sites for hydroxylation is 1. The van der Waals surface area contributed by atoms with Gasteiger partial charge in [-0.2, -0.15) is 0 Å². The summed E-state index contributed by atoms with van der Waals surface area (Å²) in [5.74, 6) is 0.974. The zero-order valence-corrected chi connectivity index (χ0v) is 14.6. The number of methoxy groups -OCH3 is 1. The van der Waals surface area contributed by atoms with Crippen molar-refractivity contribution >= 4 is 11.6 Å². The Morgan fingerprint density at radius 1 is 1.24 bits per heavy atom. The Labute approximate surface area is 148 Å². The molecule has 1 aliphatic rings. The molecule has 1 amide bonds. The van der Waals surface area contributed by atoms with E-state index in [0.717, 1.165) is 35.7 Å². The number of amides is 1. The lowest BCUT2D eigenvalue weighted by Crippen LogP contribution is -2.48. The van der Waals surface area contributed by atoms with Crippen molar-refractivity contribution in [2.24, 2.45) is 0 Å². The van der Waals surface area contributed by atoms with Crippen LogP contribution in [0.5, 0.6) is 5.75 Å². The number of piperazine rings is 1. The van der Waals surface area contributed by atoms with Gasteiger partial charge in [0.1, 0.15) is 5.75 Å². The first-order valence-electron chi connectivity index (χ1n) is 8.67. The summed E-state index contributed by atoms with van der Waals surface area (Å²) in [5, 5.41) is 3.38. The number of anilines is 1. The lowest BCUT2D eigenvalue weighted by atomic mass is 10.0. The van der Waals surface area contributed by atoms with Crippen LogP contribution < -0.4 is 15.8 Å². The van der Waals surface area contributed by atoms with Crippen LogP contribution in [0.2, 0.25) is 0 Å². The lowest BCUT2D eigenvalue weighted by Gasteiger charge is -2.37. The molecule has 1 saturated heterocycles. The van der Waals surface area contributed by atoms with Gasteiger partial charge in [-0.3, -0.25) is 4.79 Å². The van der Waals surface area contributed by atoms with Crippen LogP contribution in [0, 0.1) is 0 Å². The minimum atomic E-state index is -0.00878. The second kappa shape index (κ2) is 8.03. The van der Waals surface area contributed by atoms with Gasteiger partial charge < -0.3 is 20.7 Å². The zero-order valence-electron chi connectivity index (χ0n) is 14.6. The molecule has 0 bridgehead atoms. The van der Waals surface area contributed by atoms with Crippen LogP contribution in [0.15, 0.2) is 48.5 Å². The van der Waals surface area contributed by atoms with Crippen LogP contribution in [-0.2, 0) is 11.2 Å². The van der Waals surface area contributed by atoms with Gasteiger partial charge in [0.05, 0.1) is 13.2 Å². The minimum absolute atomic E-state index is 0.00878. The van der Waals surface area contributed by atoms with E-state index in [1.165, 1.54) is 0 Å². The number of hydrogen-bond donors (Lipinski definition) is 2. The normalized spacial score (nSPS) is 17.3. The average molecular weight is 339 g/mol. The van der Waals surface area contributed by atoms with Gasteiger partial charge in [0.15, 0.2) is 0 Å². The molecule has 2 aromatic rings. The summed E-state index contributed by atoms with van der Waals surface area (Å²) < 4.78 is 5.49. The van der Waals surface area contributed by atoms with E-state index in [4.69, 9.17) is 10.5 Å². The summed E-state index contributed by atoms with van der Waals surface area (Å²) in [6.07, 6.45) is 1.12. The second-order valence-corrected chi connectivity index (χ2v) is 6.25. The first-order valence-corrected chi connectivity index (χ1v) is 8.67. The van der Waals surface area contributed by atoms with E-state index >= 15 is 0 Å². The van der Waals surface area contributed by atoms with E-state index in [1.54, 1.807) is 7.11 Å². The molecule has 1 unspecified atom stereocenters. The van der Waals surface area contributed by atoms with E-state index in [0.29, 0.717) is 19.4 Å². The number of nitrogen functional groups attached to an aromatic ring is 1. The molecule has 2 aromatic carbocycles. The highest BCUT2D eigenvalue weighted by Crippen LogP contribution is 2.30. The topological polar surface area (TPSA) is 67.6 Å². The van der Waals surface area contributed by atoms with Gasteiger partial charge in [-0.25, -0.2) is 0 Å². The number of carbonyl (C=O) groups is 1. The van der Waals surface area contributed by atoms with Crippen molar-refractivity contribution in [3.63, 3.8) is 0 Å². The van der Waals surface area contributed by atoms with Gasteiger partial charge in [0.2, 0.25) is 5.91 Å². The van der Waals surface area contributed by atoms with Gasteiger partial charge >= 0.3 is 0 Å². The Bertz CT molecular complexity index is 732. The van der Waals surface area contributed by atoms with Crippen molar-refractivity contribution in [2.75, 3.05) is 32.5 Å². The summed E-state index contributed by atoms with van der Waals surface area (Å²) in [7, 11) is 1.67. The van der Waals surface area contributed by atoms with Gasteiger partial charge in [-0.05, 0) is 24.1 Å². The maximum atomic E-state index is 12.9. The molecule has 3 rings (SSSR count). The highest BCUT2D eigenvalue weighted by Gasteiger charge is 2.29. The van der Waals surface area contributed by atoms with Gasteiger partial charge in [-0.15, -0.1) is 0 Å². The van der Waals surface area contributed by atoms with Crippen molar-refractivity contribution in [2.45, 2.75) is 18.9 Å². The molecular weight excluding hydrogens is 314 g/mol. The number of benzene rings is 2. The van der Waals surface area contributed by atoms with Gasteiger partial charge in [-0.1, -0.05) is 36.4 Å². The first-order chi connectivity index (χ1) is 12.2. The zero-order chi connectivity index (χ0) is 17.6. The molecule has 5 heteroatoms. The third-order valence-electron chi connectivity index (χ3n) is 4.72. The Morgan fingerprint density at radius 2 is 2.00 bits per heavy atom. The largest absolute Gasteiger partial charge is 0.496 e. The number of nitrogens with two attached hydrogens (primary N) is 1. The third kappa shape index (κ3) is 3.94. The lowest BCUT2D eigenvalue weighted by molar-refractivity contribution is -0.134. The monoisotopic (exact) mass is 339 g/mol. The van der Waals surface area contributed by atoms with E-state index in [9.17, 15) is 4.79 Å². The number of rotatable bonds is 5. The number of nitrogens with one attached hydrogen (secondary N) is 1. The maximum absolute atomic E-state index is 12.9. The SMILES string of the molecule is COc1ccccc1C1CNCCN1C(=O)CCc1ccccc1N. The minimum Gasteiger partial charge on any atom is -0.496 e. The van der Waals surface area contributed by atoms with Crippen molar-refractivity contribution < 1.29 is 9.53 Å². The first kappa shape index (κ1) is 17.3. The van der Waals surface area contributed by atoms with E-state index in [1.807, 2.05) is 53.4 Å². The number of hydrogen-bond acceptors (Lipinski definition) is 4. The molecule has 0 aromatic heterocycles. The summed E-state index contributed by atoms with van der Waals surface area (Å²) in [6, 6.07) is 15.6. The quantitative estimate of drug-likeness (QED) is 0.821. The van der Waals surface area contributed by atoms with Gasteiger partial charge in [0.25, 0.3) is 0 Å². The number of para-hydroxylation sites is 2. The van der Waals surface area contributed by atoms with Crippen LogP contribution in [0.4, 0.5) is 5.69 Å². The predicted molar refractivity (Wildman–Crippen MR) is 99.5 cm³/mol. The van der Waals surface area contributed by atoms with Crippen molar-refractivity contribution in [1.29, 1.82) is 0 Å². The Hall–Kier alpha value is -2.53. The van der Waals surface area contributed by atoms with E-state index < -0.39 is 0 Å². The molecule has 1 atom stereocenters. The highest BCUT2D eigenvalue weighted by atomic mass is 16.5. The molecule has 0 aliphatic carbocycles. The van der Waals surface area contributed by atoms with Crippen LogP contribution in [0.1, 0.15) is 23.6 Å². The van der Waals surface area contributed by atoms with Gasteiger partial charge in [0, 0.05) is 37.3 Å². The molecule has 3 N–H and O–H groups in total. The summed E-state index contributed by atoms with van der Waals surface area (Å²) >= 11 is 0. The molecule has 5 nitrogen and oxygen atoms in total. The maximum Gasteiger partial charge on any atom is 0.223 e. The fourth-order valence-electron chi connectivity index (χ4n) is 3.37. The highest BCUT2D eigenvalue weighted by molar-refractivity contribution is 5.77. The van der Waals surface area contributed by atoms with Crippen molar-refractivity contribution in [3.8, 4) is 5.75 Å². The average Bonchev–Trinajstić information content (AvgIpc) is 2.67. The summed E-state index contributed by atoms with van der Waals surface area (Å²) in [5.41, 5.74) is 8.81. The number of ether oxygens (including phenoxy) is 1. The molecule has 0 radical (unpaired) electrons. The van der Waals surface area contributed by atoms with Crippen LogP contribution in [0.25, 0.3) is 0 Å². The molecular formula is C20H25N3O2. The fraction of sp³-hybridized carbons (Fsp3) is 0.350. The number of carbonyl (C=O) groups excluding carboxylic acids is 1. The number of nitrogens with zero attached hydrogens (tertiary/aromatic N) is 1. The van der Waals surface area contributed by atoms with E-state index in [-0.39, 0.29) is 11.9 Å². The van der Waals surface area contributed by atoms with E-state index in [2.05, 4.69) is 5.32 Å². The third-order valence-corrected chi connectivity index (χ3v) is 4.72. The standard InChI is InChI=1S/C20H25N3O2/c1-25-19-9-5-3-7-16(19)18-14-22-12-13-23(18)20(24)11-10-15-6-2-4-8-17(15)21/h2-9,18,22H,10-14,21H2,1H3. The van der Waals surface area contributed by atoms with Crippen molar-refractivity contribution in [1.82, 2.24) is 10.2 Å². The molecule has 1 heterocycles. The molecule has 1 aliphatic heterocycles. The second-order valence-electron chi connectivity index (χ2n) is 6.25. The van der Waals surface area contributed by atoms with Crippen LogP contribution in [0.3, 0.4) is 0 Å². The van der Waals surface area contributed by atoms with Crippen LogP contribution in [-0.4, -0.2) is 37.6 Å². The van der Waals surface area contributed by atoms with Crippen molar-refractivity contribution in [3.05, 3.63) is 59.7 Å². The molecule has 132 valence electrons. The predicted octanol–water partition coefficient (Wildman–Crippen LogP) is 2.38. The summed E-state index contributed by atoms with van der Waals surface area (Å²) in [4.78, 5) is 14.8. The molecule has 1 fully saturated rings. The fourth-order valence-corrected chi connectivity index (χ4v) is 3.37. The molecule has 0 spiro atoms. The summed E-state index contributed by atoms with van der Waals surface area (Å²) in [6.45, 7) is 2.25. The smallest absolute Gasteiger partial charge is 0.223 e.